The van der Waals surface area contributed by atoms with Crippen LogP contribution in [0.1, 0.15) is 36.9 Å². The van der Waals surface area contributed by atoms with Gasteiger partial charge in [-0.3, -0.25) is 4.79 Å². The van der Waals surface area contributed by atoms with E-state index < -0.39 is 0 Å². The van der Waals surface area contributed by atoms with Gasteiger partial charge in [-0.1, -0.05) is 29.8 Å². The molecule has 1 fully saturated rings. The van der Waals surface area contributed by atoms with Crippen LogP contribution in [0.15, 0.2) is 24.3 Å². The fourth-order valence-corrected chi connectivity index (χ4v) is 3.55. The van der Waals surface area contributed by atoms with Crippen molar-refractivity contribution in [1.29, 1.82) is 0 Å². The van der Waals surface area contributed by atoms with Gasteiger partial charge in [0.05, 0.1) is 6.04 Å². The van der Waals surface area contributed by atoms with Crippen LogP contribution in [-0.4, -0.2) is 34.9 Å². The molecule has 5 heteroatoms. The van der Waals surface area contributed by atoms with Gasteiger partial charge in [0.25, 0.3) is 0 Å². The van der Waals surface area contributed by atoms with Crippen molar-refractivity contribution < 1.29 is 4.79 Å². The predicted octanol–water partition coefficient (Wildman–Crippen LogP) is 3.16. The summed E-state index contributed by atoms with van der Waals surface area (Å²) in [7, 11) is 0. The highest BCUT2D eigenvalue weighted by molar-refractivity contribution is 7.99. The van der Waals surface area contributed by atoms with Gasteiger partial charge in [-0.15, -0.1) is 12.4 Å². The molecule has 1 saturated heterocycles. The van der Waals surface area contributed by atoms with E-state index >= 15 is 0 Å². The summed E-state index contributed by atoms with van der Waals surface area (Å²) in [5.41, 5.74) is 8.26. The number of carbonyl (C=O) groups excluding carboxylic acids is 1. The van der Waals surface area contributed by atoms with Crippen LogP contribution < -0.4 is 5.73 Å². The zero-order chi connectivity index (χ0) is 14.5. The summed E-state index contributed by atoms with van der Waals surface area (Å²) in [6, 6.07) is 8.86. The zero-order valence-corrected chi connectivity index (χ0v) is 14.4. The molecule has 1 amide bonds. The van der Waals surface area contributed by atoms with Gasteiger partial charge in [-0.2, -0.15) is 11.8 Å². The summed E-state index contributed by atoms with van der Waals surface area (Å²) in [6.07, 6.45) is 1.33. The van der Waals surface area contributed by atoms with Crippen molar-refractivity contribution in [2.75, 3.05) is 18.1 Å². The minimum absolute atomic E-state index is 0. The lowest BCUT2D eigenvalue weighted by atomic mass is 10.0. The Morgan fingerprint density at radius 1 is 1.43 bits per heavy atom. The Hall–Kier alpha value is -0.710. The molecule has 0 saturated carbocycles. The molecule has 1 heterocycles. The van der Waals surface area contributed by atoms with Crippen LogP contribution in [-0.2, 0) is 4.79 Å². The monoisotopic (exact) mass is 328 g/mol. The lowest BCUT2D eigenvalue weighted by molar-refractivity contribution is -0.133. The number of carbonyl (C=O) groups is 1. The number of nitrogens with two attached hydrogens (primary N) is 1. The lowest BCUT2D eigenvalue weighted by Gasteiger charge is -2.36. The molecule has 1 aliphatic heterocycles. The molecule has 1 aromatic rings. The summed E-state index contributed by atoms with van der Waals surface area (Å²) in [4.78, 5) is 14.5. The fourth-order valence-electron chi connectivity index (χ4n) is 2.46. The van der Waals surface area contributed by atoms with Crippen LogP contribution in [0.25, 0.3) is 0 Å². The van der Waals surface area contributed by atoms with Crippen molar-refractivity contribution >= 4 is 30.1 Å². The largest absolute Gasteiger partial charge is 0.334 e. The van der Waals surface area contributed by atoms with E-state index in [1.165, 1.54) is 11.1 Å². The third kappa shape index (κ3) is 5.20. The molecular formula is C16H25ClN2OS. The van der Waals surface area contributed by atoms with E-state index in [9.17, 15) is 4.79 Å². The maximum Gasteiger partial charge on any atom is 0.223 e. The molecule has 2 atom stereocenters. The first kappa shape index (κ1) is 18.3. The van der Waals surface area contributed by atoms with Gasteiger partial charge in [0, 0.05) is 30.5 Å². The van der Waals surface area contributed by atoms with Gasteiger partial charge >= 0.3 is 0 Å². The summed E-state index contributed by atoms with van der Waals surface area (Å²) in [6.45, 7) is 4.89. The zero-order valence-electron chi connectivity index (χ0n) is 12.7. The maximum absolute atomic E-state index is 12.4. The number of hydrogen-bond donors (Lipinski definition) is 1. The number of thioether (sulfide) groups is 1. The number of benzene rings is 1. The highest BCUT2D eigenvalue weighted by Gasteiger charge is 2.27. The van der Waals surface area contributed by atoms with Crippen LogP contribution >= 0.6 is 24.2 Å². The van der Waals surface area contributed by atoms with E-state index in [0.29, 0.717) is 6.42 Å². The molecule has 118 valence electrons. The second-order valence-electron chi connectivity index (χ2n) is 5.60. The average molecular weight is 329 g/mol. The Morgan fingerprint density at radius 3 is 2.71 bits per heavy atom. The lowest BCUT2D eigenvalue weighted by Crippen LogP contribution is -2.41. The Balaban J connectivity index is 0.00000220. The molecule has 2 rings (SSSR count). The van der Waals surface area contributed by atoms with E-state index in [4.69, 9.17) is 5.73 Å². The number of rotatable bonds is 4. The first-order valence-electron chi connectivity index (χ1n) is 7.27. The standard InChI is InChI=1S/C16H24N2OS.ClH/c1-12-3-6-14(7-4-12)15-11-20-10-9-18(15)16(19)8-5-13(2)17;/h3-4,6-7,13,15H,5,8-11,17H2,1-2H3;1H. The number of hydrogen-bond acceptors (Lipinski definition) is 3. The summed E-state index contributed by atoms with van der Waals surface area (Å²) in [5.74, 6) is 2.27. The molecule has 3 nitrogen and oxygen atoms in total. The van der Waals surface area contributed by atoms with E-state index in [1.807, 2.05) is 23.6 Å². The molecular weight excluding hydrogens is 304 g/mol. The van der Waals surface area contributed by atoms with E-state index in [1.54, 1.807) is 0 Å². The Kier molecular flexibility index (Phi) is 7.57. The molecule has 0 spiro atoms. The van der Waals surface area contributed by atoms with Crippen LogP contribution in [0.2, 0.25) is 0 Å². The molecule has 21 heavy (non-hydrogen) atoms. The molecule has 2 unspecified atom stereocenters. The van der Waals surface area contributed by atoms with E-state index in [0.717, 1.165) is 24.5 Å². The highest BCUT2D eigenvalue weighted by Crippen LogP contribution is 2.30. The summed E-state index contributed by atoms with van der Waals surface area (Å²) in [5, 5.41) is 0. The van der Waals surface area contributed by atoms with Crippen LogP contribution in [0.5, 0.6) is 0 Å². The van der Waals surface area contributed by atoms with Crippen LogP contribution in [0.3, 0.4) is 0 Å². The molecule has 0 aliphatic carbocycles. The highest BCUT2D eigenvalue weighted by atomic mass is 35.5. The third-order valence-electron chi connectivity index (χ3n) is 3.72. The Labute approximate surface area is 138 Å². The summed E-state index contributed by atoms with van der Waals surface area (Å²) >= 11 is 1.93. The Bertz CT molecular complexity index is 450. The van der Waals surface area contributed by atoms with Gasteiger partial charge in [-0.25, -0.2) is 0 Å². The second-order valence-corrected chi connectivity index (χ2v) is 6.75. The van der Waals surface area contributed by atoms with Crippen molar-refractivity contribution in [2.45, 2.75) is 38.8 Å². The predicted molar refractivity (Wildman–Crippen MR) is 93.1 cm³/mol. The average Bonchev–Trinajstić information content (AvgIpc) is 2.45. The number of amides is 1. The SMILES string of the molecule is Cc1ccc(C2CSCCN2C(=O)CCC(C)N)cc1.Cl. The fraction of sp³-hybridized carbons (Fsp3) is 0.562. The van der Waals surface area contributed by atoms with Gasteiger partial charge in [-0.05, 0) is 25.8 Å². The molecule has 1 aromatic carbocycles. The van der Waals surface area contributed by atoms with Crippen molar-refractivity contribution in [2.24, 2.45) is 5.73 Å². The van der Waals surface area contributed by atoms with E-state index in [2.05, 4.69) is 31.2 Å². The second kappa shape index (κ2) is 8.66. The molecule has 0 radical (unpaired) electrons. The first-order chi connectivity index (χ1) is 9.58. The van der Waals surface area contributed by atoms with Crippen LogP contribution in [0, 0.1) is 6.92 Å². The maximum atomic E-state index is 12.4. The van der Waals surface area contributed by atoms with E-state index in [-0.39, 0.29) is 30.4 Å². The van der Waals surface area contributed by atoms with Crippen molar-refractivity contribution in [1.82, 2.24) is 4.90 Å². The Morgan fingerprint density at radius 2 is 2.10 bits per heavy atom. The number of halogens is 1. The molecule has 0 aromatic heterocycles. The van der Waals surface area contributed by atoms with Crippen LogP contribution in [0.4, 0.5) is 0 Å². The smallest absolute Gasteiger partial charge is 0.223 e. The van der Waals surface area contributed by atoms with Gasteiger partial charge in [0.2, 0.25) is 5.91 Å². The van der Waals surface area contributed by atoms with Gasteiger partial charge in [0.15, 0.2) is 0 Å². The topological polar surface area (TPSA) is 46.3 Å². The number of aryl methyl sites for hydroxylation is 1. The van der Waals surface area contributed by atoms with Crippen molar-refractivity contribution in [3.8, 4) is 0 Å². The third-order valence-corrected chi connectivity index (χ3v) is 4.75. The molecule has 1 aliphatic rings. The quantitative estimate of drug-likeness (QED) is 0.923. The minimum atomic E-state index is 0. The van der Waals surface area contributed by atoms with Gasteiger partial charge in [0.1, 0.15) is 0 Å². The first-order valence-corrected chi connectivity index (χ1v) is 8.42. The summed E-state index contributed by atoms with van der Waals surface area (Å²) < 4.78 is 0. The van der Waals surface area contributed by atoms with Crippen molar-refractivity contribution in [3.63, 3.8) is 0 Å². The normalized spacial score (nSPS) is 19.8. The molecule has 2 N–H and O–H groups in total. The van der Waals surface area contributed by atoms with Crippen molar-refractivity contribution in [3.05, 3.63) is 35.4 Å². The number of nitrogens with zero attached hydrogens (tertiary/aromatic N) is 1. The van der Waals surface area contributed by atoms with Gasteiger partial charge < -0.3 is 10.6 Å². The minimum Gasteiger partial charge on any atom is -0.334 e. The molecule has 0 bridgehead atoms.